The van der Waals surface area contributed by atoms with Crippen LogP contribution < -0.4 is 5.73 Å². The minimum Gasteiger partial charge on any atom is -0.368 e. The van der Waals surface area contributed by atoms with E-state index in [1.54, 1.807) is 0 Å². The van der Waals surface area contributed by atoms with E-state index < -0.39 is 10.0 Å². The van der Waals surface area contributed by atoms with Crippen LogP contribution in [0.2, 0.25) is 0 Å². The van der Waals surface area contributed by atoms with Crippen LogP contribution in [-0.2, 0) is 10.0 Å². The second-order valence-electron chi connectivity index (χ2n) is 4.25. The second kappa shape index (κ2) is 6.10. The van der Waals surface area contributed by atoms with Gasteiger partial charge >= 0.3 is 0 Å². The lowest BCUT2D eigenvalue weighted by Crippen LogP contribution is -2.34. The molecule has 0 amide bonds. The number of nitrogens with two attached hydrogens (primary N) is 1. The third-order valence-corrected chi connectivity index (χ3v) is 4.74. The molecule has 0 aliphatic rings. The van der Waals surface area contributed by atoms with Gasteiger partial charge in [-0.15, -0.1) is 0 Å². The lowest BCUT2D eigenvalue weighted by Gasteiger charge is -2.23. The maximum absolute atomic E-state index is 12.3. The highest BCUT2D eigenvalue weighted by Crippen LogP contribution is 2.16. The Morgan fingerprint density at radius 2 is 1.89 bits per heavy atom. The van der Waals surface area contributed by atoms with E-state index >= 15 is 0 Å². The smallest absolute Gasteiger partial charge is 0.246 e. The standard InChI is InChI=1S/C11H20N4O2S/c1-4-9(3)8-15(5-2)18(16,17)10-6-13-11(12)14-7-10/h6-7,9H,4-5,8H2,1-3H3,(H2,12,13,14). The molecule has 0 fully saturated rings. The highest BCUT2D eigenvalue weighted by Gasteiger charge is 2.24. The van der Waals surface area contributed by atoms with Crippen LogP contribution in [-0.4, -0.2) is 35.8 Å². The summed E-state index contributed by atoms with van der Waals surface area (Å²) in [4.78, 5) is 7.53. The highest BCUT2D eigenvalue weighted by molar-refractivity contribution is 7.89. The van der Waals surface area contributed by atoms with E-state index in [0.717, 1.165) is 6.42 Å². The monoisotopic (exact) mass is 272 g/mol. The molecule has 102 valence electrons. The summed E-state index contributed by atoms with van der Waals surface area (Å²) in [5.74, 6) is 0.383. The van der Waals surface area contributed by atoms with Crippen LogP contribution in [0.4, 0.5) is 5.95 Å². The minimum absolute atomic E-state index is 0.0684. The molecule has 0 spiro atoms. The molecule has 0 aromatic carbocycles. The molecule has 6 nitrogen and oxygen atoms in total. The van der Waals surface area contributed by atoms with Gasteiger partial charge in [0.2, 0.25) is 16.0 Å². The molecule has 1 rings (SSSR count). The minimum atomic E-state index is -3.52. The lowest BCUT2D eigenvalue weighted by atomic mass is 10.1. The average molecular weight is 272 g/mol. The van der Waals surface area contributed by atoms with Gasteiger partial charge in [0.05, 0.1) is 12.4 Å². The first-order chi connectivity index (χ1) is 8.41. The number of rotatable bonds is 6. The highest BCUT2D eigenvalue weighted by atomic mass is 32.2. The molecule has 1 unspecified atom stereocenters. The van der Waals surface area contributed by atoms with E-state index in [1.807, 2.05) is 20.8 Å². The maximum atomic E-state index is 12.3. The summed E-state index contributed by atoms with van der Waals surface area (Å²) in [6.45, 7) is 6.81. The fourth-order valence-corrected chi connectivity index (χ4v) is 2.94. The normalized spacial score (nSPS) is 13.8. The molecule has 0 bridgehead atoms. The van der Waals surface area contributed by atoms with Crippen molar-refractivity contribution < 1.29 is 8.42 Å². The summed E-state index contributed by atoms with van der Waals surface area (Å²) < 4.78 is 26.1. The zero-order chi connectivity index (χ0) is 13.8. The third kappa shape index (κ3) is 3.39. The summed E-state index contributed by atoms with van der Waals surface area (Å²) in [5, 5.41) is 0. The molecule has 2 N–H and O–H groups in total. The molecule has 1 heterocycles. The van der Waals surface area contributed by atoms with E-state index in [9.17, 15) is 8.42 Å². The van der Waals surface area contributed by atoms with Crippen molar-refractivity contribution in [2.24, 2.45) is 5.92 Å². The number of nitrogens with zero attached hydrogens (tertiary/aromatic N) is 3. The molecule has 1 aromatic heterocycles. The topological polar surface area (TPSA) is 89.2 Å². The predicted octanol–water partition coefficient (Wildman–Crippen LogP) is 1.12. The average Bonchev–Trinajstić information content (AvgIpc) is 2.35. The maximum Gasteiger partial charge on any atom is 0.246 e. The Morgan fingerprint density at radius 3 is 2.33 bits per heavy atom. The Hall–Kier alpha value is -1.21. The lowest BCUT2D eigenvalue weighted by molar-refractivity contribution is 0.361. The predicted molar refractivity (Wildman–Crippen MR) is 70.3 cm³/mol. The third-order valence-electron chi connectivity index (χ3n) is 2.85. The first-order valence-corrected chi connectivity index (χ1v) is 7.43. The Kier molecular flexibility index (Phi) is 5.03. The van der Waals surface area contributed by atoms with Crippen molar-refractivity contribution in [2.75, 3.05) is 18.8 Å². The largest absolute Gasteiger partial charge is 0.368 e. The SMILES string of the molecule is CCC(C)CN(CC)S(=O)(=O)c1cnc(N)nc1. The van der Waals surface area contributed by atoms with Crippen molar-refractivity contribution in [1.29, 1.82) is 0 Å². The van der Waals surface area contributed by atoms with Gasteiger partial charge in [0.25, 0.3) is 0 Å². The molecule has 0 aliphatic carbocycles. The van der Waals surface area contributed by atoms with Crippen LogP contribution in [0.5, 0.6) is 0 Å². The quantitative estimate of drug-likeness (QED) is 0.838. The van der Waals surface area contributed by atoms with Crippen molar-refractivity contribution in [2.45, 2.75) is 32.1 Å². The molecule has 0 radical (unpaired) electrons. The van der Waals surface area contributed by atoms with Crippen LogP contribution in [0, 0.1) is 5.92 Å². The van der Waals surface area contributed by atoms with E-state index in [0.29, 0.717) is 19.0 Å². The number of hydrogen-bond acceptors (Lipinski definition) is 5. The molecule has 0 saturated carbocycles. The summed E-state index contributed by atoms with van der Waals surface area (Å²) in [7, 11) is -3.52. The molecule has 1 atom stereocenters. The van der Waals surface area contributed by atoms with Crippen molar-refractivity contribution in [3.05, 3.63) is 12.4 Å². The summed E-state index contributed by atoms with van der Waals surface area (Å²) >= 11 is 0. The molecule has 0 saturated heterocycles. The van der Waals surface area contributed by atoms with E-state index in [1.165, 1.54) is 16.7 Å². The van der Waals surface area contributed by atoms with Gasteiger partial charge in [-0.05, 0) is 5.92 Å². The molecular weight excluding hydrogens is 252 g/mol. The number of nitrogen functional groups attached to an aromatic ring is 1. The second-order valence-corrected chi connectivity index (χ2v) is 6.18. The summed E-state index contributed by atoms with van der Waals surface area (Å²) in [6, 6.07) is 0. The van der Waals surface area contributed by atoms with Gasteiger partial charge in [0.1, 0.15) is 4.90 Å². The van der Waals surface area contributed by atoms with Crippen LogP contribution in [0.1, 0.15) is 27.2 Å². The van der Waals surface area contributed by atoms with E-state index in [-0.39, 0.29) is 10.8 Å². The van der Waals surface area contributed by atoms with Gasteiger partial charge in [-0.3, -0.25) is 0 Å². The van der Waals surface area contributed by atoms with Gasteiger partial charge < -0.3 is 5.73 Å². The fourth-order valence-electron chi connectivity index (χ4n) is 1.48. The van der Waals surface area contributed by atoms with Crippen molar-refractivity contribution in [3.8, 4) is 0 Å². The number of hydrogen-bond donors (Lipinski definition) is 1. The van der Waals surface area contributed by atoms with E-state index in [4.69, 9.17) is 5.73 Å². The molecule has 0 aliphatic heterocycles. The van der Waals surface area contributed by atoms with Gasteiger partial charge in [-0.1, -0.05) is 27.2 Å². The van der Waals surface area contributed by atoms with E-state index in [2.05, 4.69) is 9.97 Å². The van der Waals surface area contributed by atoms with Crippen LogP contribution in [0.3, 0.4) is 0 Å². The number of aromatic nitrogens is 2. The molecular formula is C11H20N4O2S. The van der Waals surface area contributed by atoms with Crippen LogP contribution in [0.15, 0.2) is 17.3 Å². The Bertz CT molecular complexity index is 472. The Morgan fingerprint density at radius 1 is 1.33 bits per heavy atom. The zero-order valence-electron chi connectivity index (χ0n) is 11.0. The van der Waals surface area contributed by atoms with Gasteiger partial charge in [-0.25, -0.2) is 18.4 Å². The van der Waals surface area contributed by atoms with Crippen molar-refractivity contribution in [3.63, 3.8) is 0 Å². The molecule has 18 heavy (non-hydrogen) atoms. The Labute approximate surface area is 108 Å². The van der Waals surface area contributed by atoms with Crippen LogP contribution >= 0.6 is 0 Å². The van der Waals surface area contributed by atoms with Crippen molar-refractivity contribution >= 4 is 16.0 Å². The van der Waals surface area contributed by atoms with Gasteiger partial charge in [0.15, 0.2) is 0 Å². The zero-order valence-corrected chi connectivity index (χ0v) is 11.8. The summed E-state index contributed by atoms with van der Waals surface area (Å²) in [5.41, 5.74) is 5.35. The number of anilines is 1. The van der Waals surface area contributed by atoms with Crippen molar-refractivity contribution in [1.82, 2.24) is 14.3 Å². The fraction of sp³-hybridized carbons (Fsp3) is 0.636. The van der Waals surface area contributed by atoms with Crippen LogP contribution in [0.25, 0.3) is 0 Å². The first-order valence-electron chi connectivity index (χ1n) is 5.99. The Balaban J connectivity index is 2.99. The molecule has 7 heteroatoms. The summed E-state index contributed by atoms with van der Waals surface area (Å²) in [6.07, 6.45) is 3.43. The first kappa shape index (κ1) is 14.8. The van der Waals surface area contributed by atoms with Gasteiger partial charge in [0, 0.05) is 13.1 Å². The number of sulfonamides is 1. The molecule has 1 aromatic rings. The van der Waals surface area contributed by atoms with Gasteiger partial charge in [-0.2, -0.15) is 4.31 Å².